The van der Waals surface area contributed by atoms with Gasteiger partial charge in [0, 0.05) is 36.9 Å². The summed E-state index contributed by atoms with van der Waals surface area (Å²) in [4.78, 5) is 0. The first-order chi connectivity index (χ1) is 17.5. The SMILES string of the molecule is C1CCC([PH+](CC[PH+](C2CCCCC2)C2CCCCC2)C2CCCCC2)CC1.[CH-]=C(C(C)C)C(C)C.[Pt]. The van der Waals surface area contributed by atoms with Crippen LogP contribution in [0.25, 0.3) is 0 Å². The molecule has 4 aliphatic rings. The zero-order valence-electron chi connectivity index (χ0n) is 25.4. The van der Waals surface area contributed by atoms with Crippen LogP contribution in [0, 0.1) is 18.4 Å². The van der Waals surface area contributed by atoms with Gasteiger partial charge in [-0.25, -0.2) is 0 Å². The van der Waals surface area contributed by atoms with Crippen LogP contribution in [0.4, 0.5) is 0 Å². The summed E-state index contributed by atoms with van der Waals surface area (Å²) in [5.74, 6) is 1.07. The van der Waals surface area contributed by atoms with E-state index in [-0.39, 0.29) is 36.9 Å². The Morgan fingerprint density at radius 3 is 0.865 bits per heavy atom. The van der Waals surface area contributed by atoms with Gasteiger partial charge in [-0.1, -0.05) is 65.2 Å². The second-order valence-corrected chi connectivity index (χ2v) is 20.4. The second kappa shape index (κ2) is 19.4. The van der Waals surface area contributed by atoms with Crippen LogP contribution in [0.5, 0.6) is 0 Å². The van der Waals surface area contributed by atoms with Crippen molar-refractivity contribution in [2.75, 3.05) is 12.3 Å². The molecule has 0 bridgehead atoms. The van der Waals surface area contributed by atoms with Gasteiger partial charge in [-0.15, -0.1) is 0 Å². The number of rotatable bonds is 9. The van der Waals surface area contributed by atoms with E-state index in [2.05, 4.69) is 27.7 Å². The average molecular weight is 731 g/mol. The predicted molar refractivity (Wildman–Crippen MR) is 171 cm³/mol. The van der Waals surface area contributed by atoms with Crippen molar-refractivity contribution in [2.45, 2.75) is 179 Å². The molecule has 0 unspecified atom stereocenters. The quantitative estimate of drug-likeness (QED) is 0.164. The summed E-state index contributed by atoms with van der Waals surface area (Å²) in [6, 6.07) is 0. The fourth-order valence-corrected chi connectivity index (χ4v) is 18.2. The van der Waals surface area contributed by atoms with Crippen molar-refractivity contribution in [3.63, 3.8) is 0 Å². The second-order valence-electron chi connectivity index (χ2n) is 13.8. The smallest absolute Gasteiger partial charge is 0.0910 e. The third kappa shape index (κ3) is 12.0. The molecule has 3 heteroatoms. The Balaban J connectivity index is 0.000000467. The van der Waals surface area contributed by atoms with Crippen LogP contribution in [0.15, 0.2) is 5.57 Å². The molecule has 4 fully saturated rings. The van der Waals surface area contributed by atoms with E-state index in [1.807, 2.05) is 0 Å². The summed E-state index contributed by atoms with van der Waals surface area (Å²) < 4.78 is 0. The molecular formula is C34H65P2Pt+. The molecule has 0 aromatic rings. The maximum Gasteiger partial charge on any atom is 0.0910 e. The number of hydrogen-bond donors (Lipinski definition) is 0. The normalized spacial score (nSPS) is 23.2. The molecule has 0 atom stereocenters. The van der Waals surface area contributed by atoms with Crippen molar-refractivity contribution in [1.82, 2.24) is 0 Å². The topological polar surface area (TPSA) is 0 Å². The standard InChI is InChI=1S/C26H48P2.C8H15.Pt/c1-5-13-23(14-6-1)27(24-15-7-2-8-16-24)21-22-28(25-17-9-3-10-18-25)26-19-11-4-12-20-26;1-6(2)8(5)7(3)4;/h23-26H,1-22H2;5-7H,1-4H3;/q;-1;/p+2. The predicted octanol–water partition coefficient (Wildman–Crippen LogP) is 11.4. The Labute approximate surface area is 250 Å². The molecule has 0 radical (unpaired) electrons. The van der Waals surface area contributed by atoms with E-state index in [9.17, 15) is 0 Å². The molecule has 220 valence electrons. The molecule has 4 saturated carbocycles. The maximum atomic E-state index is 5.68. The first kappa shape index (κ1) is 34.5. The van der Waals surface area contributed by atoms with Gasteiger partial charge in [0.15, 0.2) is 0 Å². The summed E-state index contributed by atoms with van der Waals surface area (Å²) in [5.41, 5.74) is 6.00. The van der Waals surface area contributed by atoms with Crippen LogP contribution in [0.3, 0.4) is 0 Å². The van der Waals surface area contributed by atoms with Crippen molar-refractivity contribution in [1.29, 1.82) is 0 Å². The third-order valence-electron chi connectivity index (χ3n) is 10.6. The minimum Gasteiger partial charge on any atom is -0.514 e. The summed E-state index contributed by atoms with van der Waals surface area (Å²) in [7, 11) is -0.182. The fourth-order valence-electron chi connectivity index (χ4n) is 8.33. The van der Waals surface area contributed by atoms with Crippen molar-refractivity contribution >= 4 is 15.8 Å². The third-order valence-corrected chi connectivity index (χ3v) is 19.2. The van der Waals surface area contributed by atoms with Crippen LogP contribution in [-0.4, -0.2) is 35.0 Å². The van der Waals surface area contributed by atoms with Crippen LogP contribution in [0.1, 0.15) is 156 Å². The van der Waals surface area contributed by atoms with E-state index < -0.39 is 0 Å². The van der Waals surface area contributed by atoms with Crippen LogP contribution in [0.2, 0.25) is 0 Å². The first-order valence-electron chi connectivity index (χ1n) is 16.8. The van der Waals surface area contributed by atoms with Crippen molar-refractivity contribution in [3.8, 4) is 0 Å². The van der Waals surface area contributed by atoms with Crippen molar-refractivity contribution in [2.24, 2.45) is 11.8 Å². The largest absolute Gasteiger partial charge is 0.514 e. The van der Waals surface area contributed by atoms with Gasteiger partial charge in [0.2, 0.25) is 0 Å². The van der Waals surface area contributed by atoms with Crippen molar-refractivity contribution in [3.05, 3.63) is 12.2 Å². The van der Waals surface area contributed by atoms with Crippen LogP contribution >= 0.6 is 15.8 Å². The monoisotopic (exact) mass is 730 g/mol. The molecule has 0 nitrogen and oxygen atoms in total. The zero-order chi connectivity index (χ0) is 25.8. The molecule has 0 amide bonds. The molecule has 0 heterocycles. The zero-order valence-corrected chi connectivity index (χ0v) is 29.7. The summed E-state index contributed by atoms with van der Waals surface area (Å²) in [5, 5.41) is 0. The molecular weight excluding hydrogens is 665 g/mol. The van der Waals surface area contributed by atoms with E-state index >= 15 is 0 Å². The van der Waals surface area contributed by atoms with E-state index in [0.29, 0.717) is 11.8 Å². The van der Waals surface area contributed by atoms with Crippen LogP contribution in [-0.2, 0) is 21.1 Å². The molecule has 0 N–H and O–H groups in total. The van der Waals surface area contributed by atoms with E-state index in [1.165, 1.54) is 22.6 Å². The Morgan fingerprint density at radius 2 is 0.703 bits per heavy atom. The Hall–Kier alpha value is 1.29. The molecule has 0 aromatic heterocycles. The van der Waals surface area contributed by atoms with Gasteiger partial charge in [-0.3, -0.25) is 5.57 Å². The minimum atomic E-state index is -0.0909. The average Bonchev–Trinajstić information content (AvgIpc) is 2.93. The molecule has 4 rings (SSSR count). The van der Waals surface area contributed by atoms with Gasteiger partial charge < -0.3 is 6.58 Å². The molecule has 0 aromatic carbocycles. The fraction of sp³-hybridized carbons (Fsp3) is 0.941. The van der Waals surface area contributed by atoms with Gasteiger partial charge in [0.05, 0.1) is 35.0 Å². The summed E-state index contributed by atoms with van der Waals surface area (Å²) in [6.07, 6.45) is 35.5. The van der Waals surface area contributed by atoms with Gasteiger partial charge in [-0.2, -0.15) is 0 Å². The van der Waals surface area contributed by atoms with Crippen molar-refractivity contribution < 1.29 is 21.1 Å². The summed E-state index contributed by atoms with van der Waals surface area (Å²) in [6.45, 7) is 14.2. The van der Waals surface area contributed by atoms with E-state index in [0.717, 1.165) is 5.57 Å². The van der Waals surface area contributed by atoms with Gasteiger partial charge in [0.25, 0.3) is 0 Å². The molecule has 0 spiro atoms. The van der Waals surface area contributed by atoms with Gasteiger partial charge >= 0.3 is 0 Å². The molecule has 37 heavy (non-hydrogen) atoms. The number of hydrogen-bond acceptors (Lipinski definition) is 0. The minimum absolute atomic E-state index is 0. The Kier molecular flexibility index (Phi) is 18.1. The van der Waals surface area contributed by atoms with Crippen LogP contribution < -0.4 is 0 Å². The summed E-state index contributed by atoms with van der Waals surface area (Å²) >= 11 is 0. The Bertz CT molecular complexity index is 493. The Morgan fingerprint density at radius 1 is 0.486 bits per heavy atom. The molecule has 4 aliphatic carbocycles. The van der Waals surface area contributed by atoms with Gasteiger partial charge in [-0.05, 0) is 103 Å². The maximum absolute atomic E-state index is 5.68. The van der Waals surface area contributed by atoms with E-state index in [4.69, 9.17) is 6.58 Å². The molecule has 0 saturated heterocycles. The van der Waals surface area contributed by atoms with E-state index in [1.54, 1.807) is 141 Å². The first-order valence-corrected chi connectivity index (χ1v) is 20.5. The van der Waals surface area contributed by atoms with Gasteiger partial charge in [0.1, 0.15) is 0 Å². The number of allylic oxidation sites excluding steroid dienone is 1. The molecule has 0 aliphatic heterocycles.